The summed E-state index contributed by atoms with van der Waals surface area (Å²) in [6, 6.07) is 25.8. The molecule has 0 fully saturated rings. The Morgan fingerprint density at radius 2 is 0.973 bits per heavy atom. The van der Waals surface area contributed by atoms with E-state index in [9.17, 15) is 38.9 Å². The lowest BCUT2D eigenvalue weighted by Crippen LogP contribution is -2.22. The van der Waals surface area contributed by atoms with Crippen LogP contribution in [0.5, 0.6) is 11.5 Å². The smallest absolute Gasteiger partial charge is 0.296 e. The first-order chi connectivity index (χ1) is 34.8. The molecule has 6 aromatic carbocycles. The Morgan fingerprint density at radius 1 is 0.562 bits per heavy atom. The maximum Gasteiger partial charge on any atom is 0.296 e. The minimum Gasteiger partial charge on any atom is -0.494 e. The first kappa shape index (κ1) is 53.7. The van der Waals surface area contributed by atoms with Crippen LogP contribution in [0.1, 0.15) is 27.7 Å². The van der Waals surface area contributed by atoms with Gasteiger partial charge in [0, 0.05) is 54.8 Å². The summed E-state index contributed by atoms with van der Waals surface area (Å²) in [6.07, 6.45) is 0. The van der Waals surface area contributed by atoms with Crippen molar-refractivity contribution >= 4 is 121 Å². The zero-order valence-electron chi connectivity index (χ0n) is 40.2. The molecule has 1 aromatic heterocycles. The van der Waals surface area contributed by atoms with Crippen LogP contribution in [-0.4, -0.2) is 106 Å². The van der Waals surface area contributed by atoms with Gasteiger partial charge in [-0.25, -0.2) is 0 Å². The first-order valence-electron chi connectivity index (χ1n) is 22.4. The van der Waals surface area contributed by atoms with E-state index in [2.05, 4.69) is 41.1 Å². The Hall–Kier alpha value is -7.07. The monoisotopic (exact) mass is 1070 g/mol. The molecule has 0 amide bonds. The van der Waals surface area contributed by atoms with E-state index >= 15 is 0 Å². The number of ether oxygens (including phenoxy) is 2. The van der Waals surface area contributed by atoms with E-state index < -0.39 is 45.9 Å². The lowest BCUT2D eigenvalue weighted by atomic mass is 10.1. The number of rotatable bonds is 22. The second-order valence-electron chi connectivity index (χ2n) is 15.7. The predicted molar refractivity (Wildman–Crippen MR) is 283 cm³/mol. The molecule has 0 aliphatic heterocycles. The molecule has 0 radical (unpaired) electrons. The summed E-state index contributed by atoms with van der Waals surface area (Å²) >= 11 is 0.890. The fraction of sp³-hybridized carbons (Fsp3) is 0.255. The summed E-state index contributed by atoms with van der Waals surface area (Å²) in [6.45, 7) is 10.1. The minimum atomic E-state index is -4.78. The van der Waals surface area contributed by atoms with Crippen LogP contribution in [0.2, 0.25) is 0 Å². The number of hydrogen-bond acceptors (Lipinski definition) is 20. The average molecular weight is 1070 g/mol. The molecule has 0 spiro atoms. The molecular formula is C47H51N11O11S4. The van der Waals surface area contributed by atoms with E-state index in [1.165, 1.54) is 38.5 Å². The standard InChI is InChI=1S/C47H51N11O11S4/c1-7-57(8-2)37-25-33(35(27-39(37)68-5)53-55-43-31-17-13-11-15-29(31)19-21-41(43)72(62,63)64)48-45-50-46(52-47(51-45)70-23-24-71(59,60)61)49-34-26-38(58(9-3)10-4)40(69-6)28-36(34)54-56-44-32-18-14-12-16-30(32)20-22-42(44)73(65,66)67/h11-22,25-28H,7-10,23-24H2,1-6H3,(H,59,60,61)(H,62,63,64)(H,65,66,67)(H2,48,49,50,51,52). The van der Waals surface area contributed by atoms with Crippen LogP contribution < -0.4 is 29.9 Å². The number of nitrogens with zero attached hydrogens (tertiary/aromatic N) is 9. The molecule has 0 saturated carbocycles. The van der Waals surface area contributed by atoms with Gasteiger partial charge in [-0.15, -0.1) is 20.5 Å². The van der Waals surface area contributed by atoms with Gasteiger partial charge in [0.05, 0.1) is 42.7 Å². The molecule has 0 atom stereocenters. The molecule has 0 aliphatic carbocycles. The van der Waals surface area contributed by atoms with E-state index in [-0.39, 0.29) is 56.9 Å². The predicted octanol–water partition coefficient (Wildman–Crippen LogP) is 10.7. The quantitative estimate of drug-likeness (QED) is 0.0239. The molecule has 7 aromatic rings. The molecule has 0 unspecified atom stereocenters. The molecule has 1 heterocycles. The highest BCUT2D eigenvalue weighted by Crippen LogP contribution is 2.44. The number of fused-ring (bicyclic) bond motifs is 2. The molecule has 0 saturated heterocycles. The highest BCUT2D eigenvalue weighted by molar-refractivity contribution is 8.00. The van der Waals surface area contributed by atoms with Gasteiger partial charge in [0.15, 0.2) is 5.16 Å². The Labute approximate surface area is 426 Å². The van der Waals surface area contributed by atoms with Crippen molar-refractivity contribution < 1.29 is 48.4 Å². The molecule has 73 heavy (non-hydrogen) atoms. The first-order valence-corrected chi connectivity index (χ1v) is 27.9. The Balaban J connectivity index is 1.41. The topological polar surface area (TPSA) is 300 Å². The van der Waals surface area contributed by atoms with Crippen LogP contribution in [0.3, 0.4) is 0 Å². The molecule has 7 rings (SSSR count). The number of nitrogens with one attached hydrogen (secondary N) is 2. The van der Waals surface area contributed by atoms with Crippen molar-refractivity contribution in [3.05, 3.63) is 97.1 Å². The molecule has 26 heteroatoms. The Kier molecular flexibility index (Phi) is 16.8. The van der Waals surface area contributed by atoms with Crippen LogP contribution >= 0.6 is 11.8 Å². The van der Waals surface area contributed by atoms with Crippen LogP contribution in [-0.2, 0) is 30.4 Å². The fourth-order valence-corrected chi connectivity index (χ4v) is 10.7. The van der Waals surface area contributed by atoms with E-state index in [1.54, 1.807) is 72.8 Å². The van der Waals surface area contributed by atoms with Crippen LogP contribution in [0.15, 0.2) is 132 Å². The summed E-state index contributed by atoms with van der Waals surface area (Å²) in [7, 11) is -11.0. The van der Waals surface area contributed by atoms with Crippen molar-refractivity contribution in [3.63, 3.8) is 0 Å². The maximum absolute atomic E-state index is 12.6. The third kappa shape index (κ3) is 12.8. The number of thioether (sulfide) groups is 1. The molecule has 0 aliphatic rings. The van der Waals surface area contributed by atoms with Gasteiger partial charge in [0.2, 0.25) is 11.9 Å². The molecular weight excluding hydrogens is 1020 g/mol. The zero-order valence-corrected chi connectivity index (χ0v) is 43.5. The largest absolute Gasteiger partial charge is 0.494 e. The normalized spacial score (nSPS) is 12.2. The summed E-state index contributed by atoms with van der Waals surface area (Å²) in [5.41, 5.74) is 1.66. The van der Waals surface area contributed by atoms with Gasteiger partial charge in [0.25, 0.3) is 30.4 Å². The SMILES string of the molecule is CCN(CC)c1cc(Nc2nc(Nc3cc(N(CC)CC)c(OC)cc3N=Nc3c(S(=O)(=O)O)ccc4ccccc34)nc(SCCS(=O)(=O)O)n2)c(N=Nc2c(S(=O)(=O)O)ccc3ccccc23)cc1OC. The number of aromatic nitrogens is 3. The summed E-state index contributed by atoms with van der Waals surface area (Å²) in [5, 5.41) is 26.2. The average Bonchev–Trinajstić information content (AvgIpc) is 3.35. The van der Waals surface area contributed by atoms with Crippen molar-refractivity contribution in [1.29, 1.82) is 0 Å². The van der Waals surface area contributed by atoms with Crippen molar-refractivity contribution in [2.24, 2.45) is 20.5 Å². The van der Waals surface area contributed by atoms with Gasteiger partial charge in [-0.05, 0) is 62.7 Å². The number of benzene rings is 6. The van der Waals surface area contributed by atoms with Crippen molar-refractivity contribution in [1.82, 2.24) is 15.0 Å². The van der Waals surface area contributed by atoms with Crippen LogP contribution in [0.25, 0.3) is 21.5 Å². The van der Waals surface area contributed by atoms with E-state index in [0.717, 1.165) is 11.8 Å². The van der Waals surface area contributed by atoms with Crippen molar-refractivity contribution in [3.8, 4) is 11.5 Å². The summed E-state index contributed by atoms with van der Waals surface area (Å²) < 4.78 is 116. The second kappa shape index (κ2) is 22.8. The molecule has 384 valence electrons. The van der Waals surface area contributed by atoms with Crippen LogP contribution in [0, 0.1) is 0 Å². The number of hydrogen-bond donors (Lipinski definition) is 5. The van der Waals surface area contributed by atoms with Gasteiger partial charge in [-0.3, -0.25) is 13.7 Å². The summed E-state index contributed by atoms with van der Waals surface area (Å²) in [4.78, 5) is 16.9. The molecule has 5 N–H and O–H groups in total. The summed E-state index contributed by atoms with van der Waals surface area (Å²) in [5.74, 6) is -0.276. The fourth-order valence-electron chi connectivity index (χ4n) is 7.74. The number of anilines is 6. The van der Waals surface area contributed by atoms with Crippen molar-refractivity contribution in [2.75, 3.05) is 72.3 Å². The zero-order chi connectivity index (χ0) is 52.7. The van der Waals surface area contributed by atoms with E-state index in [4.69, 9.17) is 14.5 Å². The second-order valence-corrected chi connectivity index (χ2v) is 21.1. The van der Waals surface area contributed by atoms with Gasteiger partial charge >= 0.3 is 0 Å². The highest BCUT2D eigenvalue weighted by Gasteiger charge is 2.23. The highest BCUT2D eigenvalue weighted by atomic mass is 32.2. The number of methoxy groups -OCH3 is 2. The van der Waals surface area contributed by atoms with Gasteiger partial charge in [-0.2, -0.15) is 40.2 Å². The van der Waals surface area contributed by atoms with Crippen molar-refractivity contribution in [2.45, 2.75) is 42.6 Å². The van der Waals surface area contributed by atoms with Gasteiger partial charge < -0.3 is 29.9 Å². The minimum absolute atomic E-state index is 0.00735. The lowest BCUT2D eigenvalue weighted by Gasteiger charge is -2.25. The Bertz CT molecular complexity index is 3380. The lowest BCUT2D eigenvalue weighted by molar-refractivity contribution is 0.414. The van der Waals surface area contributed by atoms with E-state index in [0.29, 0.717) is 70.6 Å². The third-order valence-electron chi connectivity index (χ3n) is 11.3. The van der Waals surface area contributed by atoms with Gasteiger partial charge in [0.1, 0.15) is 44.0 Å². The molecule has 22 nitrogen and oxygen atoms in total. The Morgan fingerprint density at radius 3 is 1.34 bits per heavy atom. The molecule has 0 bridgehead atoms. The maximum atomic E-state index is 12.6. The van der Waals surface area contributed by atoms with E-state index in [1.807, 2.05) is 37.5 Å². The van der Waals surface area contributed by atoms with Crippen LogP contribution in [0.4, 0.5) is 57.4 Å². The third-order valence-corrected chi connectivity index (χ3v) is 14.9. The van der Waals surface area contributed by atoms with Gasteiger partial charge in [-0.1, -0.05) is 72.4 Å². The number of azo groups is 2.